The Hall–Kier alpha value is -0.314. The standard InChI is InChI=1S/C15H15.BrH.Mg/c1-11-9-12(2)15(13(3)10-11)14-7-5-4-6-8-14;;/h4-7,9-10H,1-3H3;1H;/q;;+1/p-1. The maximum atomic E-state index is 2.26. The molecule has 0 heterocycles. The summed E-state index contributed by atoms with van der Waals surface area (Å²) in [5, 5.41) is 0. The number of rotatable bonds is 1. The number of aryl methyl sites for hydroxylation is 3. The average Bonchev–Trinajstić information content (AvgIpc) is 2.19. The van der Waals surface area contributed by atoms with Gasteiger partial charge in [-0.25, -0.2) is 0 Å². The molecule has 0 spiro atoms. The fourth-order valence-corrected chi connectivity index (χ4v) is 2.80. The zero-order chi connectivity index (χ0) is 11.7. The Morgan fingerprint density at radius 3 is 1.94 bits per heavy atom. The maximum absolute atomic E-state index is 2.26. The molecule has 0 aliphatic rings. The van der Waals surface area contributed by atoms with Gasteiger partial charge in [-0.05, 0) is 0 Å². The van der Waals surface area contributed by atoms with E-state index in [1.54, 1.807) is 0 Å². The fourth-order valence-electron chi connectivity index (χ4n) is 2.37. The SMILES string of the molecule is Cc1cc(C)c(-c2cccc[c]2[Mg+])c(C)c1.[Br-]. The third-order valence-corrected chi connectivity index (χ3v) is 3.58. The number of hydrogen-bond acceptors (Lipinski definition) is 0. The van der Waals surface area contributed by atoms with E-state index in [4.69, 9.17) is 0 Å². The molecule has 2 aromatic rings. The van der Waals surface area contributed by atoms with E-state index in [1.165, 1.54) is 31.5 Å². The van der Waals surface area contributed by atoms with Gasteiger partial charge in [0.05, 0.1) is 0 Å². The van der Waals surface area contributed by atoms with Gasteiger partial charge in [0.15, 0.2) is 0 Å². The summed E-state index contributed by atoms with van der Waals surface area (Å²) in [4.78, 5) is 0. The first-order valence-electron chi connectivity index (χ1n) is 5.59. The van der Waals surface area contributed by atoms with Crippen molar-refractivity contribution in [1.29, 1.82) is 0 Å². The van der Waals surface area contributed by atoms with Gasteiger partial charge in [0, 0.05) is 0 Å². The monoisotopic (exact) mass is 298 g/mol. The normalized spacial score (nSPS) is 9.94. The molecule has 0 amide bonds. The predicted octanol–water partition coefficient (Wildman–Crippen LogP) is 0.0767. The summed E-state index contributed by atoms with van der Waals surface area (Å²) in [5.74, 6) is 0. The van der Waals surface area contributed by atoms with E-state index in [9.17, 15) is 0 Å². The molecule has 84 valence electrons. The van der Waals surface area contributed by atoms with Crippen molar-refractivity contribution in [1.82, 2.24) is 0 Å². The molecule has 2 rings (SSSR count). The molecule has 2 heteroatoms. The van der Waals surface area contributed by atoms with E-state index in [0.717, 1.165) is 0 Å². The Balaban J connectivity index is 0.00000144. The third kappa shape index (κ3) is 3.12. The second kappa shape index (κ2) is 6.03. The molecule has 0 fully saturated rings. The van der Waals surface area contributed by atoms with Crippen LogP contribution in [0.15, 0.2) is 36.4 Å². The summed E-state index contributed by atoms with van der Waals surface area (Å²) >= 11 is 1.96. The molecule has 2 aromatic carbocycles. The molecular formula is C15H15BrMg. The molecule has 0 aliphatic carbocycles. The molecular weight excluding hydrogens is 284 g/mol. The molecule has 0 saturated carbocycles. The second-order valence-electron chi connectivity index (χ2n) is 4.43. The van der Waals surface area contributed by atoms with Gasteiger partial charge in [-0.3, -0.25) is 0 Å². The first kappa shape index (κ1) is 14.7. The van der Waals surface area contributed by atoms with Gasteiger partial charge in [-0.15, -0.1) is 0 Å². The van der Waals surface area contributed by atoms with E-state index >= 15 is 0 Å². The Kier molecular flexibility index (Phi) is 5.23. The molecule has 0 nitrogen and oxygen atoms in total. The number of halogens is 1. The van der Waals surface area contributed by atoms with Crippen LogP contribution >= 0.6 is 0 Å². The Morgan fingerprint density at radius 2 is 1.41 bits per heavy atom. The van der Waals surface area contributed by atoms with Crippen LogP contribution in [0.3, 0.4) is 0 Å². The molecule has 0 saturated heterocycles. The quantitative estimate of drug-likeness (QED) is 0.654. The first-order chi connectivity index (χ1) is 7.59. The van der Waals surface area contributed by atoms with E-state index in [0.29, 0.717) is 0 Å². The summed E-state index contributed by atoms with van der Waals surface area (Å²) in [7, 11) is 0. The minimum absolute atomic E-state index is 0. The van der Waals surface area contributed by atoms with Crippen LogP contribution in [0.2, 0.25) is 0 Å². The smallest absolute Gasteiger partial charge is 1.00 e. The van der Waals surface area contributed by atoms with Gasteiger partial charge in [0.25, 0.3) is 0 Å². The van der Waals surface area contributed by atoms with Crippen LogP contribution in [0.25, 0.3) is 11.1 Å². The van der Waals surface area contributed by atoms with E-state index in [2.05, 4.69) is 57.2 Å². The second-order valence-corrected chi connectivity index (χ2v) is 5.19. The van der Waals surface area contributed by atoms with Crippen LogP contribution in [0.5, 0.6) is 0 Å². The van der Waals surface area contributed by atoms with Gasteiger partial charge >= 0.3 is 110 Å². The Morgan fingerprint density at radius 1 is 0.882 bits per heavy atom. The average molecular weight is 299 g/mol. The largest absolute Gasteiger partial charge is 1.00 e. The minimum Gasteiger partial charge on any atom is -1.00 e. The molecule has 0 bridgehead atoms. The minimum atomic E-state index is 0. The summed E-state index contributed by atoms with van der Waals surface area (Å²) in [5.41, 5.74) is 6.86. The summed E-state index contributed by atoms with van der Waals surface area (Å²) in [6.45, 7) is 6.55. The van der Waals surface area contributed by atoms with E-state index in [1.807, 2.05) is 21.7 Å². The van der Waals surface area contributed by atoms with Gasteiger partial charge < -0.3 is 17.0 Å². The maximum Gasteiger partial charge on any atom is -1.00 e. The molecule has 0 atom stereocenters. The summed E-state index contributed by atoms with van der Waals surface area (Å²) in [6, 6.07) is 13.1. The third-order valence-electron chi connectivity index (χ3n) is 2.96. The van der Waals surface area contributed by atoms with E-state index in [-0.39, 0.29) is 17.0 Å². The van der Waals surface area contributed by atoms with Crippen molar-refractivity contribution in [2.45, 2.75) is 20.8 Å². The van der Waals surface area contributed by atoms with Gasteiger partial charge in [0.2, 0.25) is 0 Å². The summed E-state index contributed by atoms with van der Waals surface area (Å²) in [6.07, 6.45) is 0. The van der Waals surface area contributed by atoms with E-state index < -0.39 is 0 Å². The van der Waals surface area contributed by atoms with Crippen molar-refractivity contribution in [3.8, 4) is 11.1 Å². The predicted molar refractivity (Wildman–Crippen MR) is 71.5 cm³/mol. The van der Waals surface area contributed by atoms with Crippen molar-refractivity contribution in [3.63, 3.8) is 0 Å². The molecule has 0 unspecified atom stereocenters. The molecule has 17 heavy (non-hydrogen) atoms. The Labute approximate surface area is 127 Å². The van der Waals surface area contributed by atoms with Crippen LogP contribution in [-0.2, 0) is 0 Å². The zero-order valence-corrected chi connectivity index (χ0v) is 13.5. The first-order valence-corrected chi connectivity index (χ1v) is 6.29. The van der Waals surface area contributed by atoms with Gasteiger partial charge in [0.1, 0.15) is 0 Å². The van der Waals surface area contributed by atoms with Crippen molar-refractivity contribution in [2.24, 2.45) is 0 Å². The molecule has 0 N–H and O–H groups in total. The van der Waals surface area contributed by atoms with Crippen molar-refractivity contribution in [3.05, 3.63) is 53.1 Å². The molecule has 0 aromatic heterocycles. The van der Waals surface area contributed by atoms with Crippen molar-refractivity contribution < 1.29 is 17.0 Å². The number of benzene rings is 2. The molecule has 0 aliphatic heterocycles. The van der Waals surface area contributed by atoms with Crippen LogP contribution in [0, 0.1) is 20.8 Å². The topological polar surface area (TPSA) is 0 Å². The Bertz CT molecular complexity index is 509. The molecule has 0 radical (unpaired) electrons. The van der Waals surface area contributed by atoms with Crippen molar-refractivity contribution >= 4 is 25.4 Å². The van der Waals surface area contributed by atoms with Crippen LogP contribution in [0.4, 0.5) is 0 Å². The number of hydrogen-bond donors (Lipinski definition) is 0. The fraction of sp³-hybridized carbons (Fsp3) is 0.200. The summed E-state index contributed by atoms with van der Waals surface area (Å²) < 4.78 is 1.37. The van der Waals surface area contributed by atoms with Crippen LogP contribution in [0.1, 0.15) is 16.7 Å². The van der Waals surface area contributed by atoms with Gasteiger partial charge in [-0.1, -0.05) is 0 Å². The van der Waals surface area contributed by atoms with Crippen LogP contribution < -0.4 is 20.7 Å². The van der Waals surface area contributed by atoms with Gasteiger partial charge in [-0.2, -0.15) is 0 Å². The van der Waals surface area contributed by atoms with Crippen LogP contribution in [-0.4, -0.2) is 21.7 Å². The zero-order valence-electron chi connectivity index (χ0n) is 10.5. The van der Waals surface area contributed by atoms with Crippen molar-refractivity contribution in [2.75, 3.05) is 0 Å².